The third-order valence-corrected chi connectivity index (χ3v) is 4.95. The van der Waals surface area contributed by atoms with E-state index in [1.165, 1.54) is 11.3 Å². The monoisotopic (exact) mass is 321 g/mol. The van der Waals surface area contributed by atoms with E-state index in [1.807, 2.05) is 26.0 Å². The molecule has 22 heavy (non-hydrogen) atoms. The maximum atomic E-state index is 12.3. The Morgan fingerprint density at radius 2 is 2.32 bits per heavy atom. The predicted molar refractivity (Wildman–Crippen MR) is 84.0 cm³/mol. The van der Waals surface area contributed by atoms with Crippen molar-refractivity contribution in [2.24, 2.45) is 5.92 Å². The first-order chi connectivity index (χ1) is 10.5. The molecule has 0 aromatic carbocycles. The lowest BCUT2D eigenvalue weighted by molar-refractivity contribution is 0.0930. The average molecular weight is 321 g/mol. The van der Waals surface area contributed by atoms with Crippen LogP contribution in [0.2, 0.25) is 0 Å². The van der Waals surface area contributed by atoms with E-state index in [1.54, 1.807) is 0 Å². The Balaban J connectivity index is 1.69. The van der Waals surface area contributed by atoms with Crippen LogP contribution in [0.4, 0.5) is 0 Å². The van der Waals surface area contributed by atoms with E-state index in [0.717, 1.165) is 12.3 Å². The highest BCUT2D eigenvalue weighted by Gasteiger charge is 2.26. The lowest BCUT2D eigenvalue weighted by atomic mass is 10.1. The fourth-order valence-corrected chi connectivity index (χ4v) is 3.44. The number of amides is 1. The number of rotatable bonds is 4. The summed E-state index contributed by atoms with van der Waals surface area (Å²) in [6.45, 7) is 5.46. The molecule has 118 valence electrons. The highest BCUT2D eigenvalue weighted by atomic mass is 32.1. The summed E-state index contributed by atoms with van der Waals surface area (Å²) >= 11 is 1.32. The molecule has 3 N–H and O–H groups in total. The minimum atomic E-state index is -0.399. The number of carbonyl (C=O) groups is 1. The van der Waals surface area contributed by atoms with Gasteiger partial charge in [-0.15, -0.1) is 11.3 Å². The summed E-state index contributed by atoms with van der Waals surface area (Å²) in [6.07, 6.45) is -0.399. The number of aliphatic hydroxyl groups is 1. The van der Waals surface area contributed by atoms with Crippen molar-refractivity contribution in [1.29, 1.82) is 0 Å². The molecule has 1 aliphatic rings. The summed E-state index contributed by atoms with van der Waals surface area (Å²) in [5, 5.41) is 16.4. The number of carbonyl (C=O) groups excluding carboxylic acids is 1. The quantitative estimate of drug-likeness (QED) is 0.791. The molecule has 2 aromatic heterocycles. The van der Waals surface area contributed by atoms with Crippen molar-refractivity contribution >= 4 is 17.2 Å². The van der Waals surface area contributed by atoms with Crippen LogP contribution in [-0.2, 0) is 0 Å². The summed E-state index contributed by atoms with van der Waals surface area (Å²) in [5.41, 5.74) is 0.691. The average Bonchev–Trinajstić information content (AvgIpc) is 3.17. The van der Waals surface area contributed by atoms with Crippen molar-refractivity contribution in [3.8, 4) is 10.8 Å². The summed E-state index contributed by atoms with van der Waals surface area (Å²) in [6, 6.07) is 3.73. The number of furan rings is 1. The van der Waals surface area contributed by atoms with Gasteiger partial charge < -0.3 is 20.2 Å². The fourth-order valence-electron chi connectivity index (χ4n) is 2.49. The maximum absolute atomic E-state index is 12.3. The van der Waals surface area contributed by atoms with Crippen LogP contribution in [0.1, 0.15) is 21.1 Å². The molecule has 6 nitrogen and oxygen atoms in total. The van der Waals surface area contributed by atoms with Crippen LogP contribution in [0.5, 0.6) is 0 Å². The number of thiazole rings is 1. The zero-order chi connectivity index (χ0) is 15.7. The van der Waals surface area contributed by atoms with Gasteiger partial charge in [0.1, 0.15) is 10.6 Å². The van der Waals surface area contributed by atoms with E-state index in [4.69, 9.17) is 4.42 Å². The molecule has 1 fully saturated rings. The fraction of sp³-hybridized carbons (Fsp3) is 0.467. The zero-order valence-corrected chi connectivity index (χ0v) is 13.4. The van der Waals surface area contributed by atoms with Crippen LogP contribution in [-0.4, -0.2) is 41.7 Å². The highest BCUT2D eigenvalue weighted by molar-refractivity contribution is 7.17. The molecule has 3 heterocycles. The van der Waals surface area contributed by atoms with E-state index in [9.17, 15) is 9.90 Å². The van der Waals surface area contributed by atoms with Gasteiger partial charge in [0.15, 0.2) is 10.8 Å². The molecule has 1 saturated heterocycles. The molecule has 0 radical (unpaired) electrons. The first kappa shape index (κ1) is 15.2. The van der Waals surface area contributed by atoms with Crippen LogP contribution < -0.4 is 10.6 Å². The Morgan fingerprint density at radius 1 is 1.50 bits per heavy atom. The number of hydrogen-bond acceptors (Lipinski definition) is 6. The number of aryl methyl sites for hydroxylation is 2. The van der Waals surface area contributed by atoms with E-state index < -0.39 is 6.10 Å². The number of β-amino-alcohol motifs (C(OH)–C–C–N with tert-alkyl or cyclic N) is 1. The number of aromatic nitrogens is 1. The van der Waals surface area contributed by atoms with Crippen LogP contribution in [0, 0.1) is 19.8 Å². The molecule has 2 aromatic rings. The molecule has 0 saturated carbocycles. The second-order valence-corrected chi connectivity index (χ2v) is 6.54. The molecular formula is C15H19N3O3S. The number of aliphatic hydroxyl groups excluding tert-OH is 1. The highest BCUT2D eigenvalue weighted by Crippen LogP contribution is 2.29. The summed E-state index contributed by atoms with van der Waals surface area (Å²) in [7, 11) is 0. The Labute approximate surface area is 132 Å². The first-order valence-corrected chi connectivity index (χ1v) is 8.07. The molecule has 1 amide bonds. The molecule has 3 rings (SSSR count). The Hall–Kier alpha value is -1.70. The normalized spacial score (nSPS) is 21.2. The molecule has 2 atom stereocenters. The Kier molecular flexibility index (Phi) is 4.28. The van der Waals surface area contributed by atoms with Gasteiger partial charge in [-0.05, 0) is 26.0 Å². The van der Waals surface area contributed by atoms with Gasteiger partial charge in [0.2, 0.25) is 0 Å². The lowest BCUT2D eigenvalue weighted by Gasteiger charge is -2.13. The second kappa shape index (κ2) is 6.20. The minimum Gasteiger partial charge on any atom is -0.459 e. The zero-order valence-electron chi connectivity index (χ0n) is 12.5. The van der Waals surface area contributed by atoms with Crippen LogP contribution in [0.15, 0.2) is 16.5 Å². The first-order valence-electron chi connectivity index (χ1n) is 7.26. The van der Waals surface area contributed by atoms with Crippen LogP contribution >= 0.6 is 11.3 Å². The van der Waals surface area contributed by atoms with Crippen molar-refractivity contribution < 1.29 is 14.3 Å². The van der Waals surface area contributed by atoms with Gasteiger partial charge in [-0.1, -0.05) is 0 Å². The predicted octanol–water partition coefficient (Wildman–Crippen LogP) is 1.33. The lowest BCUT2D eigenvalue weighted by Crippen LogP contribution is -2.34. The number of nitrogens with one attached hydrogen (secondary N) is 2. The maximum Gasteiger partial charge on any atom is 0.263 e. The standard InChI is InChI=1S/C15H19N3O3S/c1-8-3-4-12(21-8)15-18-9(2)13(22-15)14(20)17-6-10-5-16-7-11(10)19/h3-4,10-11,16,19H,5-7H2,1-2H3,(H,17,20). The molecule has 1 aliphatic heterocycles. The summed E-state index contributed by atoms with van der Waals surface area (Å²) in [4.78, 5) is 17.3. The Morgan fingerprint density at radius 3 is 2.95 bits per heavy atom. The van der Waals surface area contributed by atoms with Gasteiger partial charge >= 0.3 is 0 Å². The largest absolute Gasteiger partial charge is 0.459 e. The van der Waals surface area contributed by atoms with Gasteiger partial charge in [0.05, 0.1) is 11.8 Å². The molecule has 0 bridgehead atoms. The van der Waals surface area contributed by atoms with Crippen molar-refractivity contribution in [3.63, 3.8) is 0 Å². The molecule has 0 spiro atoms. The topological polar surface area (TPSA) is 87.4 Å². The van der Waals surface area contributed by atoms with Gasteiger partial charge in [0.25, 0.3) is 5.91 Å². The Bertz CT molecular complexity index is 679. The van der Waals surface area contributed by atoms with Crippen molar-refractivity contribution in [2.75, 3.05) is 19.6 Å². The van der Waals surface area contributed by atoms with Crippen molar-refractivity contribution in [1.82, 2.24) is 15.6 Å². The molecule has 0 aliphatic carbocycles. The van der Waals surface area contributed by atoms with Gasteiger partial charge in [0, 0.05) is 25.6 Å². The SMILES string of the molecule is Cc1ccc(-c2nc(C)c(C(=O)NCC3CNCC3O)s2)o1. The van der Waals surface area contributed by atoms with E-state index >= 15 is 0 Å². The third-order valence-electron chi connectivity index (χ3n) is 3.78. The van der Waals surface area contributed by atoms with Crippen LogP contribution in [0.25, 0.3) is 10.8 Å². The van der Waals surface area contributed by atoms with E-state index in [-0.39, 0.29) is 11.8 Å². The van der Waals surface area contributed by atoms with Crippen LogP contribution in [0.3, 0.4) is 0 Å². The van der Waals surface area contributed by atoms with Gasteiger partial charge in [-0.25, -0.2) is 4.98 Å². The van der Waals surface area contributed by atoms with Crippen molar-refractivity contribution in [2.45, 2.75) is 20.0 Å². The van der Waals surface area contributed by atoms with E-state index in [2.05, 4.69) is 15.6 Å². The minimum absolute atomic E-state index is 0.0596. The molecule has 7 heteroatoms. The summed E-state index contributed by atoms with van der Waals surface area (Å²) in [5.74, 6) is 1.41. The number of nitrogens with zero attached hydrogens (tertiary/aromatic N) is 1. The second-order valence-electron chi connectivity index (χ2n) is 5.54. The number of hydrogen-bond donors (Lipinski definition) is 3. The van der Waals surface area contributed by atoms with Gasteiger partial charge in [-0.3, -0.25) is 4.79 Å². The third kappa shape index (κ3) is 3.06. The molecular weight excluding hydrogens is 302 g/mol. The van der Waals surface area contributed by atoms with Crippen molar-refractivity contribution in [3.05, 3.63) is 28.5 Å². The molecule has 2 unspecified atom stereocenters. The van der Waals surface area contributed by atoms with E-state index in [0.29, 0.717) is 34.4 Å². The summed E-state index contributed by atoms with van der Waals surface area (Å²) < 4.78 is 5.55. The smallest absolute Gasteiger partial charge is 0.263 e. The van der Waals surface area contributed by atoms with Gasteiger partial charge in [-0.2, -0.15) is 0 Å².